The van der Waals surface area contributed by atoms with Crippen molar-refractivity contribution in [3.05, 3.63) is 0 Å². The summed E-state index contributed by atoms with van der Waals surface area (Å²) in [4.78, 5) is 11.4. The molecule has 1 saturated heterocycles. The van der Waals surface area contributed by atoms with Gasteiger partial charge in [-0.05, 0) is 34.6 Å². The Morgan fingerprint density at radius 3 is 1.06 bits per heavy atom. The molecule has 5 unspecified atom stereocenters. The Morgan fingerprint density at radius 2 is 0.714 bits per heavy atom. The minimum absolute atomic E-state index is 0.402. The fraction of sp³-hybridized carbons (Fsp3) is 1.00. The lowest BCUT2D eigenvalue weighted by Gasteiger charge is -2.37. The Kier molecular flexibility index (Phi) is 16.7. The maximum atomic E-state index is 9.97. The van der Waals surface area contributed by atoms with E-state index in [0.717, 1.165) is 65.4 Å². The first-order valence-electron chi connectivity index (χ1n) is 13.5. The largest absolute Gasteiger partial charge is 0.392 e. The average Bonchev–Trinajstić information content (AvgIpc) is 2.72. The summed E-state index contributed by atoms with van der Waals surface area (Å²) in [5.74, 6) is 0. The summed E-state index contributed by atoms with van der Waals surface area (Å²) >= 11 is 0. The molecule has 35 heavy (non-hydrogen) atoms. The zero-order valence-electron chi connectivity index (χ0n) is 23.0. The maximum Gasteiger partial charge on any atom is 0.0639 e. The minimum Gasteiger partial charge on any atom is -0.392 e. The summed E-state index contributed by atoms with van der Waals surface area (Å²) in [6.45, 7) is 20.9. The molecule has 1 fully saturated rings. The molecule has 5 atom stereocenters. The van der Waals surface area contributed by atoms with Crippen molar-refractivity contribution < 1.29 is 25.5 Å². The van der Waals surface area contributed by atoms with Gasteiger partial charge in [-0.3, -0.25) is 24.5 Å². The van der Waals surface area contributed by atoms with Gasteiger partial charge in [-0.1, -0.05) is 0 Å². The van der Waals surface area contributed by atoms with Gasteiger partial charge in [-0.25, -0.2) is 0 Å². The normalized spacial score (nSPS) is 20.5. The fourth-order valence-electron chi connectivity index (χ4n) is 4.76. The van der Waals surface area contributed by atoms with Gasteiger partial charge in [-0.2, -0.15) is 0 Å². The number of hydrogen-bond acceptors (Lipinski definition) is 10. The van der Waals surface area contributed by atoms with E-state index in [1.54, 1.807) is 27.7 Å². The molecule has 0 saturated carbocycles. The monoisotopic (exact) mass is 505 g/mol. The molecule has 0 bridgehead atoms. The van der Waals surface area contributed by atoms with Gasteiger partial charge in [0.15, 0.2) is 0 Å². The second-order valence-corrected chi connectivity index (χ2v) is 10.7. The van der Waals surface area contributed by atoms with Crippen molar-refractivity contribution in [1.82, 2.24) is 24.5 Å². The van der Waals surface area contributed by atoms with E-state index in [1.165, 1.54) is 0 Å². The van der Waals surface area contributed by atoms with Crippen molar-refractivity contribution in [3.63, 3.8) is 0 Å². The molecule has 1 rings (SSSR count). The molecule has 0 aliphatic carbocycles. The lowest BCUT2D eigenvalue weighted by atomic mass is 10.2. The van der Waals surface area contributed by atoms with Crippen LogP contribution in [0.2, 0.25) is 0 Å². The van der Waals surface area contributed by atoms with Crippen LogP contribution in [-0.2, 0) is 0 Å². The lowest BCUT2D eigenvalue weighted by Crippen LogP contribution is -2.51. The molecule has 0 aromatic rings. The zero-order chi connectivity index (χ0) is 26.4. The maximum absolute atomic E-state index is 9.97. The van der Waals surface area contributed by atoms with E-state index in [9.17, 15) is 25.5 Å². The molecule has 0 aromatic heterocycles. The Labute approximate surface area is 213 Å². The van der Waals surface area contributed by atoms with Crippen LogP contribution in [0.4, 0.5) is 0 Å². The molecule has 1 aliphatic heterocycles. The molecule has 0 spiro atoms. The van der Waals surface area contributed by atoms with Gasteiger partial charge in [-0.15, -0.1) is 0 Å². The van der Waals surface area contributed by atoms with Crippen molar-refractivity contribution in [2.75, 3.05) is 98.2 Å². The summed E-state index contributed by atoms with van der Waals surface area (Å²) in [6, 6.07) is 0. The Bertz CT molecular complexity index is 496. The highest BCUT2D eigenvalue weighted by Crippen LogP contribution is 2.05. The van der Waals surface area contributed by atoms with E-state index in [1.807, 2.05) is 6.92 Å². The SMILES string of the molecule is CC(O)CN(CCN1CCN(CCN(CC(C)O)CC(C)O)CC1)CCN(CC(C)O)CC(C)O. The van der Waals surface area contributed by atoms with Gasteiger partial charge in [0.2, 0.25) is 0 Å². The molecule has 1 aliphatic rings. The summed E-state index contributed by atoms with van der Waals surface area (Å²) in [7, 11) is 0. The van der Waals surface area contributed by atoms with Crippen LogP contribution < -0.4 is 0 Å². The molecule has 10 heteroatoms. The number of aliphatic hydroxyl groups excluding tert-OH is 5. The van der Waals surface area contributed by atoms with Crippen molar-refractivity contribution in [2.24, 2.45) is 0 Å². The standard InChI is InChI=1S/C25H55N5O5/c1-21(31)16-28(13-15-30(19-24(4)34)20-25(5)35)12-10-26-6-8-27(9-7-26)11-14-29(17-22(2)32)18-23(3)33/h21-25,31-35H,6-20H2,1-5H3. The molecular formula is C25H55N5O5. The molecule has 210 valence electrons. The van der Waals surface area contributed by atoms with Gasteiger partial charge in [0.25, 0.3) is 0 Å². The third-order valence-electron chi connectivity index (χ3n) is 6.27. The van der Waals surface area contributed by atoms with E-state index in [0.29, 0.717) is 32.7 Å². The lowest BCUT2D eigenvalue weighted by molar-refractivity contribution is 0.0577. The van der Waals surface area contributed by atoms with E-state index >= 15 is 0 Å². The van der Waals surface area contributed by atoms with Crippen LogP contribution in [0, 0.1) is 0 Å². The molecule has 1 heterocycles. The quantitative estimate of drug-likeness (QED) is 0.141. The molecule has 10 nitrogen and oxygen atoms in total. The van der Waals surface area contributed by atoms with Gasteiger partial charge < -0.3 is 25.5 Å². The summed E-state index contributed by atoms with van der Waals surface area (Å²) < 4.78 is 0. The van der Waals surface area contributed by atoms with E-state index in [4.69, 9.17) is 0 Å². The number of piperazine rings is 1. The van der Waals surface area contributed by atoms with Gasteiger partial charge >= 0.3 is 0 Å². The van der Waals surface area contributed by atoms with Crippen molar-refractivity contribution >= 4 is 0 Å². The van der Waals surface area contributed by atoms with E-state index < -0.39 is 30.5 Å². The van der Waals surface area contributed by atoms with Crippen LogP contribution in [0.1, 0.15) is 34.6 Å². The van der Waals surface area contributed by atoms with Gasteiger partial charge in [0.05, 0.1) is 30.5 Å². The molecule has 5 N–H and O–H groups in total. The molecule has 0 radical (unpaired) electrons. The Balaban J connectivity index is 2.43. The average molecular weight is 506 g/mol. The smallest absolute Gasteiger partial charge is 0.0639 e. The first kappa shape index (κ1) is 32.6. The van der Waals surface area contributed by atoms with Crippen LogP contribution in [0.25, 0.3) is 0 Å². The first-order valence-corrected chi connectivity index (χ1v) is 13.5. The van der Waals surface area contributed by atoms with Gasteiger partial charge in [0, 0.05) is 98.2 Å². The summed E-state index contributed by atoms with van der Waals surface area (Å²) in [5.41, 5.74) is 0. The van der Waals surface area contributed by atoms with Gasteiger partial charge in [0.1, 0.15) is 0 Å². The fourth-order valence-corrected chi connectivity index (χ4v) is 4.76. The van der Waals surface area contributed by atoms with E-state index in [2.05, 4.69) is 24.5 Å². The summed E-state index contributed by atoms with van der Waals surface area (Å²) in [6.07, 6.45) is -2.09. The Morgan fingerprint density at radius 1 is 0.457 bits per heavy atom. The predicted octanol–water partition coefficient (Wildman–Crippen LogP) is -1.59. The van der Waals surface area contributed by atoms with E-state index in [-0.39, 0.29) is 0 Å². The summed E-state index contributed by atoms with van der Waals surface area (Å²) in [5, 5.41) is 49.0. The van der Waals surface area contributed by atoms with Crippen LogP contribution >= 0.6 is 0 Å². The van der Waals surface area contributed by atoms with Crippen LogP contribution in [-0.4, -0.2) is 179 Å². The van der Waals surface area contributed by atoms with Crippen LogP contribution in [0.5, 0.6) is 0 Å². The molecule has 0 aromatic carbocycles. The van der Waals surface area contributed by atoms with Crippen LogP contribution in [0.3, 0.4) is 0 Å². The third kappa shape index (κ3) is 16.9. The third-order valence-corrected chi connectivity index (χ3v) is 6.27. The zero-order valence-corrected chi connectivity index (χ0v) is 23.0. The molecular weight excluding hydrogens is 450 g/mol. The topological polar surface area (TPSA) is 117 Å². The molecule has 0 amide bonds. The second kappa shape index (κ2) is 18.0. The first-order chi connectivity index (χ1) is 16.4. The number of nitrogens with zero attached hydrogens (tertiary/aromatic N) is 5. The van der Waals surface area contributed by atoms with Crippen molar-refractivity contribution in [1.29, 1.82) is 0 Å². The number of rotatable bonds is 19. The highest BCUT2D eigenvalue weighted by Gasteiger charge is 2.20. The highest BCUT2D eigenvalue weighted by atomic mass is 16.3. The second-order valence-electron chi connectivity index (χ2n) is 10.7. The Hall–Kier alpha value is -0.400. The number of hydrogen-bond donors (Lipinski definition) is 5. The van der Waals surface area contributed by atoms with Crippen LogP contribution in [0.15, 0.2) is 0 Å². The number of aliphatic hydroxyl groups is 5. The van der Waals surface area contributed by atoms with Crippen molar-refractivity contribution in [3.8, 4) is 0 Å². The highest BCUT2D eigenvalue weighted by molar-refractivity contribution is 4.76. The predicted molar refractivity (Wildman–Crippen MR) is 141 cm³/mol. The van der Waals surface area contributed by atoms with Crippen molar-refractivity contribution in [2.45, 2.75) is 65.1 Å². The minimum atomic E-state index is -0.443.